The Morgan fingerprint density at radius 3 is 2.89 bits per heavy atom. The summed E-state index contributed by atoms with van der Waals surface area (Å²) in [7, 11) is 0. The maximum atomic E-state index is 5.23. The van der Waals surface area contributed by atoms with E-state index in [0.29, 0.717) is 5.70 Å². The van der Waals surface area contributed by atoms with Crippen molar-refractivity contribution in [2.75, 3.05) is 0 Å². The standard InChI is InChI=1S/C8H11N/c1-3-4-5-6-7-8(2)9/h6-7H,2-3,9H2,1H3/b7-6-. The molecular formula is C8H11N. The summed E-state index contributed by atoms with van der Waals surface area (Å²) < 4.78 is 0. The monoisotopic (exact) mass is 121 g/mol. The lowest BCUT2D eigenvalue weighted by molar-refractivity contribution is 1.28. The summed E-state index contributed by atoms with van der Waals surface area (Å²) in [6.07, 6.45) is 4.26. The van der Waals surface area contributed by atoms with E-state index in [1.807, 2.05) is 6.92 Å². The second-order valence-corrected chi connectivity index (χ2v) is 1.58. The lowest BCUT2D eigenvalue weighted by atomic mass is 10.4. The minimum Gasteiger partial charge on any atom is -0.399 e. The number of allylic oxidation sites excluding steroid dienone is 2. The molecule has 1 nitrogen and oxygen atoms in total. The largest absolute Gasteiger partial charge is 0.399 e. The molecule has 0 radical (unpaired) electrons. The lowest BCUT2D eigenvalue weighted by Crippen LogP contribution is -1.87. The highest BCUT2D eigenvalue weighted by Crippen LogP contribution is 1.78. The Labute approximate surface area is 56.3 Å². The normalized spacial score (nSPS) is 8.56. The van der Waals surface area contributed by atoms with Crippen LogP contribution >= 0.6 is 0 Å². The van der Waals surface area contributed by atoms with Gasteiger partial charge in [-0.1, -0.05) is 25.3 Å². The summed E-state index contributed by atoms with van der Waals surface area (Å²) in [5, 5.41) is 0. The van der Waals surface area contributed by atoms with Crippen LogP contribution in [0.1, 0.15) is 13.3 Å². The van der Waals surface area contributed by atoms with Gasteiger partial charge in [0.2, 0.25) is 0 Å². The molecule has 0 unspecified atom stereocenters. The third kappa shape index (κ3) is 6.84. The molecule has 2 N–H and O–H groups in total. The summed E-state index contributed by atoms with van der Waals surface area (Å²) >= 11 is 0. The summed E-state index contributed by atoms with van der Waals surface area (Å²) in [6.45, 7) is 5.47. The predicted molar refractivity (Wildman–Crippen MR) is 40.5 cm³/mol. The van der Waals surface area contributed by atoms with E-state index in [2.05, 4.69) is 18.4 Å². The van der Waals surface area contributed by atoms with Crippen molar-refractivity contribution in [3.63, 3.8) is 0 Å². The summed E-state index contributed by atoms with van der Waals surface area (Å²) in [4.78, 5) is 0. The van der Waals surface area contributed by atoms with E-state index in [1.54, 1.807) is 12.2 Å². The molecule has 0 aliphatic heterocycles. The predicted octanol–water partition coefficient (Wildman–Crippen LogP) is 1.43. The molecule has 0 amide bonds. The molecule has 0 atom stereocenters. The van der Waals surface area contributed by atoms with Gasteiger partial charge in [0, 0.05) is 12.1 Å². The molecule has 0 aromatic rings. The van der Waals surface area contributed by atoms with Crippen LogP contribution in [-0.2, 0) is 0 Å². The van der Waals surface area contributed by atoms with E-state index in [-0.39, 0.29) is 0 Å². The number of hydrogen-bond acceptors (Lipinski definition) is 1. The molecule has 0 aliphatic rings. The van der Waals surface area contributed by atoms with Crippen molar-refractivity contribution in [1.29, 1.82) is 0 Å². The van der Waals surface area contributed by atoms with E-state index in [9.17, 15) is 0 Å². The summed E-state index contributed by atoms with van der Waals surface area (Å²) in [6, 6.07) is 0. The van der Waals surface area contributed by atoms with Crippen LogP contribution < -0.4 is 5.73 Å². The zero-order chi connectivity index (χ0) is 7.11. The average molecular weight is 121 g/mol. The molecule has 0 rings (SSSR count). The van der Waals surface area contributed by atoms with Gasteiger partial charge in [-0.2, -0.15) is 0 Å². The molecule has 48 valence electrons. The zero-order valence-electron chi connectivity index (χ0n) is 5.65. The fourth-order valence-electron chi connectivity index (χ4n) is 0.310. The van der Waals surface area contributed by atoms with Gasteiger partial charge in [0.1, 0.15) is 0 Å². The Kier molecular flexibility index (Phi) is 4.34. The van der Waals surface area contributed by atoms with Gasteiger partial charge in [-0.25, -0.2) is 0 Å². The quantitative estimate of drug-likeness (QED) is 0.412. The molecule has 0 saturated heterocycles. The van der Waals surface area contributed by atoms with Gasteiger partial charge < -0.3 is 5.73 Å². The molecular weight excluding hydrogens is 110 g/mol. The first-order chi connectivity index (χ1) is 4.27. The maximum Gasteiger partial charge on any atom is 0.0247 e. The van der Waals surface area contributed by atoms with E-state index in [1.165, 1.54) is 0 Å². The molecule has 0 aliphatic carbocycles. The Morgan fingerprint density at radius 2 is 2.44 bits per heavy atom. The Bertz CT molecular complexity index is 167. The highest BCUT2D eigenvalue weighted by Gasteiger charge is 1.67. The van der Waals surface area contributed by atoms with Gasteiger partial charge >= 0.3 is 0 Å². The Morgan fingerprint density at radius 1 is 1.78 bits per heavy atom. The topological polar surface area (TPSA) is 26.0 Å². The van der Waals surface area contributed by atoms with Crippen LogP contribution in [0.4, 0.5) is 0 Å². The molecule has 0 spiro atoms. The van der Waals surface area contributed by atoms with Crippen LogP contribution in [0.15, 0.2) is 24.4 Å². The van der Waals surface area contributed by atoms with E-state index >= 15 is 0 Å². The second-order valence-electron chi connectivity index (χ2n) is 1.58. The van der Waals surface area contributed by atoms with Crippen molar-refractivity contribution in [2.24, 2.45) is 5.73 Å². The molecule has 0 aromatic carbocycles. The maximum absolute atomic E-state index is 5.23. The SMILES string of the molecule is C=C(N)/C=C\C#CCC. The van der Waals surface area contributed by atoms with Crippen molar-refractivity contribution >= 4 is 0 Å². The minimum absolute atomic E-state index is 0.542. The minimum atomic E-state index is 0.542. The van der Waals surface area contributed by atoms with Crippen LogP contribution in [-0.4, -0.2) is 0 Å². The van der Waals surface area contributed by atoms with Crippen LogP contribution in [0, 0.1) is 11.8 Å². The zero-order valence-corrected chi connectivity index (χ0v) is 5.65. The smallest absolute Gasteiger partial charge is 0.0247 e. The molecule has 0 bridgehead atoms. The first-order valence-electron chi connectivity index (χ1n) is 2.86. The summed E-state index contributed by atoms with van der Waals surface area (Å²) in [5.74, 6) is 5.67. The number of hydrogen-bond donors (Lipinski definition) is 1. The first kappa shape index (κ1) is 7.84. The van der Waals surface area contributed by atoms with Crippen molar-refractivity contribution in [3.8, 4) is 11.8 Å². The fourth-order valence-corrected chi connectivity index (χ4v) is 0.310. The lowest BCUT2D eigenvalue weighted by Gasteiger charge is -1.78. The van der Waals surface area contributed by atoms with Crippen molar-refractivity contribution in [1.82, 2.24) is 0 Å². The first-order valence-corrected chi connectivity index (χ1v) is 2.86. The summed E-state index contributed by atoms with van der Waals surface area (Å²) in [5.41, 5.74) is 5.77. The fraction of sp³-hybridized carbons (Fsp3) is 0.250. The van der Waals surface area contributed by atoms with Gasteiger partial charge in [-0.05, 0) is 12.2 Å². The van der Waals surface area contributed by atoms with Crippen molar-refractivity contribution in [2.45, 2.75) is 13.3 Å². The molecule has 0 fully saturated rings. The van der Waals surface area contributed by atoms with E-state index < -0.39 is 0 Å². The highest BCUT2D eigenvalue weighted by atomic mass is 14.5. The van der Waals surface area contributed by atoms with E-state index in [4.69, 9.17) is 5.73 Å². The van der Waals surface area contributed by atoms with Crippen molar-refractivity contribution in [3.05, 3.63) is 24.4 Å². The van der Waals surface area contributed by atoms with Crippen LogP contribution in [0.3, 0.4) is 0 Å². The third-order valence-corrected chi connectivity index (χ3v) is 0.660. The molecule has 0 heterocycles. The highest BCUT2D eigenvalue weighted by molar-refractivity contribution is 5.22. The van der Waals surface area contributed by atoms with Crippen LogP contribution in [0.5, 0.6) is 0 Å². The molecule has 0 aromatic heterocycles. The molecule has 0 saturated carbocycles. The molecule has 1 heteroatoms. The van der Waals surface area contributed by atoms with Crippen LogP contribution in [0.2, 0.25) is 0 Å². The van der Waals surface area contributed by atoms with E-state index in [0.717, 1.165) is 6.42 Å². The Balaban J connectivity index is 3.59. The van der Waals surface area contributed by atoms with Gasteiger partial charge in [0.25, 0.3) is 0 Å². The number of nitrogens with two attached hydrogens (primary N) is 1. The van der Waals surface area contributed by atoms with Gasteiger partial charge in [-0.15, -0.1) is 0 Å². The van der Waals surface area contributed by atoms with Gasteiger partial charge in [0.05, 0.1) is 0 Å². The average Bonchev–Trinajstić information content (AvgIpc) is 1.80. The van der Waals surface area contributed by atoms with Crippen molar-refractivity contribution < 1.29 is 0 Å². The second kappa shape index (κ2) is 4.99. The Hall–Kier alpha value is -1.16. The molecule has 9 heavy (non-hydrogen) atoms. The number of rotatable bonds is 1. The van der Waals surface area contributed by atoms with Gasteiger partial charge in [-0.3, -0.25) is 0 Å². The van der Waals surface area contributed by atoms with Crippen LogP contribution in [0.25, 0.3) is 0 Å². The van der Waals surface area contributed by atoms with Gasteiger partial charge in [0.15, 0.2) is 0 Å². The third-order valence-electron chi connectivity index (χ3n) is 0.660.